The van der Waals surface area contributed by atoms with Gasteiger partial charge < -0.3 is 14.3 Å². The second kappa shape index (κ2) is 5.64. The molecule has 0 radical (unpaired) electrons. The predicted octanol–water partition coefficient (Wildman–Crippen LogP) is 5.54. The standard InChI is InChI=1S/C21H21BrN2O3/c1-20(2)10-14(25)11-21(12-20)24-17(9-16(23-24)19-4-3-7-26-19)15-8-13(22)5-6-18(15)27-21/h3-8,11,17,25H,9-10,12H2,1-2H3/t17-,21-/m1/s1. The van der Waals surface area contributed by atoms with Crippen LogP contribution in [0.1, 0.15) is 50.5 Å². The predicted molar refractivity (Wildman–Crippen MR) is 106 cm³/mol. The van der Waals surface area contributed by atoms with E-state index < -0.39 is 5.72 Å². The average molecular weight is 429 g/mol. The number of aliphatic hydroxyl groups is 1. The first-order valence-electron chi connectivity index (χ1n) is 9.15. The summed E-state index contributed by atoms with van der Waals surface area (Å²) in [6.07, 6.45) is 5.62. The van der Waals surface area contributed by atoms with Crippen LogP contribution < -0.4 is 4.74 Å². The number of hydrogen-bond acceptors (Lipinski definition) is 5. The Morgan fingerprint density at radius 2 is 2.15 bits per heavy atom. The van der Waals surface area contributed by atoms with Gasteiger partial charge >= 0.3 is 0 Å². The number of rotatable bonds is 1. The number of furan rings is 1. The fourth-order valence-corrected chi connectivity index (χ4v) is 5.00. The van der Waals surface area contributed by atoms with Gasteiger partial charge in [0.2, 0.25) is 5.72 Å². The molecule has 0 saturated carbocycles. The van der Waals surface area contributed by atoms with E-state index in [0.29, 0.717) is 12.2 Å². The lowest BCUT2D eigenvalue weighted by Crippen LogP contribution is -2.56. The van der Waals surface area contributed by atoms with Gasteiger partial charge in [0, 0.05) is 35.4 Å². The number of fused-ring (bicyclic) bond motifs is 4. The number of hydrogen-bond donors (Lipinski definition) is 1. The Labute approximate surface area is 166 Å². The first kappa shape index (κ1) is 16.9. The van der Waals surface area contributed by atoms with Crippen LogP contribution in [0.4, 0.5) is 0 Å². The number of nitrogens with zero attached hydrogens (tertiary/aromatic N) is 2. The summed E-state index contributed by atoms with van der Waals surface area (Å²) in [5, 5.41) is 17.4. The van der Waals surface area contributed by atoms with Crippen molar-refractivity contribution >= 4 is 21.6 Å². The van der Waals surface area contributed by atoms with E-state index in [9.17, 15) is 5.11 Å². The number of hydrazone groups is 1. The molecule has 1 N–H and O–H groups in total. The van der Waals surface area contributed by atoms with Crippen LogP contribution >= 0.6 is 15.9 Å². The van der Waals surface area contributed by atoms with Crippen LogP contribution in [0.25, 0.3) is 0 Å². The Kier molecular flexibility index (Phi) is 3.54. The molecule has 1 aromatic heterocycles. The third kappa shape index (κ3) is 2.69. The molecule has 2 aliphatic heterocycles. The molecule has 0 bridgehead atoms. The number of aliphatic hydroxyl groups excluding tert-OH is 1. The maximum atomic E-state index is 10.5. The average Bonchev–Trinajstić information content (AvgIpc) is 3.23. The first-order valence-corrected chi connectivity index (χ1v) is 9.94. The molecule has 0 fully saturated rings. The van der Waals surface area contributed by atoms with E-state index in [-0.39, 0.29) is 11.5 Å². The van der Waals surface area contributed by atoms with Crippen molar-refractivity contribution in [3.05, 3.63) is 64.2 Å². The highest BCUT2D eigenvalue weighted by molar-refractivity contribution is 9.10. The van der Waals surface area contributed by atoms with Crippen LogP contribution in [0.2, 0.25) is 0 Å². The molecular weight excluding hydrogens is 408 g/mol. The molecule has 1 aromatic carbocycles. The van der Waals surface area contributed by atoms with E-state index in [4.69, 9.17) is 14.3 Å². The minimum atomic E-state index is -0.800. The van der Waals surface area contributed by atoms with Crippen molar-refractivity contribution in [3.8, 4) is 5.75 Å². The van der Waals surface area contributed by atoms with Crippen LogP contribution in [-0.4, -0.2) is 21.6 Å². The van der Waals surface area contributed by atoms with Gasteiger partial charge in [-0.3, -0.25) is 0 Å². The zero-order valence-electron chi connectivity index (χ0n) is 15.3. The van der Waals surface area contributed by atoms with E-state index in [1.807, 2.05) is 35.4 Å². The van der Waals surface area contributed by atoms with Crippen molar-refractivity contribution in [2.24, 2.45) is 10.5 Å². The lowest BCUT2D eigenvalue weighted by atomic mass is 9.75. The Hall–Kier alpha value is -2.21. The highest BCUT2D eigenvalue weighted by atomic mass is 79.9. The largest absolute Gasteiger partial charge is 0.512 e. The monoisotopic (exact) mass is 428 g/mol. The Morgan fingerprint density at radius 3 is 2.89 bits per heavy atom. The summed E-state index contributed by atoms with van der Waals surface area (Å²) in [5.74, 6) is 1.98. The summed E-state index contributed by atoms with van der Waals surface area (Å²) in [6, 6.07) is 9.92. The fourth-order valence-electron chi connectivity index (χ4n) is 4.62. The van der Waals surface area contributed by atoms with Crippen molar-refractivity contribution in [1.29, 1.82) is 0 Å². The topological polar surface area (TPSA) is 58.2 Å². The number of allylic oxidation sites excluding steroid dienone is 1. The van der Waals surface area contributed by atoms with Gasteiger partial charge in [0.25, 0.3) is 0 Å². The van der Waals surface area contributed by atoms with E-state index >= 15 is 0 Å². The minimum absolute atomic E-state index is 0.0318. The molecule has 2 aromatic rings. The molecule has 1 aliphatic carbocycles. The summed E-state index contributed by atoms with van der Waals surface area (Å²) in [6.45, 7) is 4.31. The van der Waals surface area contributed by atoms with Crippen molar-refractivity contribution in [2.75, 3.05) is 0 Å². The molecule has 3 heterocycles. The van der Waals surface area contributed by atoms with E-state index in [2.05, 4.69) is 35.8 Å². The van der Waals surface area contributed by atoms with Crippen molar-refractivity contribution in [2.45, 2.75) is 44.9 Å². The van der Waals surface area contributed by atoms with Gasteiger partial charge in [0.1, 0.15) is 17.2 Å². The molecule has 0 unspecified atom stereocenters. The smallest absolute Gasteiger partial charge is 0.221 e. The Morgan fingerprint density at radius 1 is 1.30 bits per heavy atom. The summed E-state index contributed by atoms with van der Waals surface area (Å²) in [5.41, 5.74) is 1.10. The molecule has 5 rings (SSSR count). The number of halogens is 1. The van der Waals surface area contributed by atoms with Crippen LogP contribution in [0.5, 0.6) is 5.75 Å². The quantitative estimate of drug-likeness (QED) is 0.647. The van der Waals surface area contributed by atoms with Gasteiger partial charge in [-0.2, -0.15) is 5.10 Å². The molecule has 0 saturated heterocycles. The highest BCUT2D eigenvalue weighted by Crippen LogP contribution is 2.53. The van der Waals surface area contributed by atoms with Crippen molar-refractivity contribution < 1.29 is 14.3 Å². The lowest BCUT2D eigenvalue weighted by molar-refractivity contribution is -0.115. The van der Waals surface area contributed by atoms with Gasteiger partial charge in [0.15, 0.2) is 0 Å². The highest BCUT2D eigenvalue weighted by Gasteiger charge is 2.54. The maximum Gasteiger partial charge on any atom is 0.221 e. The van der Waals surface area contributed by atoms with Gasteiger partial charge in [0.05, 0.1) is 18.1 Å². The molecule has 1 spiro atoms. The normalized spacial score (nSPS) is 28.3. The van der Waals surface area contributed by atoms with Gasteiger partial charge in [-0.1, -0.05) is 29.8 Å². The van der Waals surface area contributed by atoms with Gasteiger partial charge in [-0.15, -0.1) is 0 Å². The fraction of sp³-hybridized carbons (Fsp3) is 0.381. The summed E-state index contributed by atoms with van der Waals surface area (Å²) in [7, 11) is 0. The summed E-state index contributed by atoms with van der Waals surface area (Å²) < 4.78 is 13.1. The second-order valence-electron chi connectivity index (χ2n) is 8.37. The zero-order valence-corrected chi connectivity index (χ0v) is 16.9. The molecule has 27 heavy (non-hydrogen) atoms. The van der Waals surface area contributed by atoms with E-state index in [1.54, 1.807) is 6.26 Å². The zero-order chi connectivity index (χ0) is 18.8. The van der Waals surface area contributed by atoms with Crippen molar-refractivity contribution in [3.63, 3.8) is 0 Å². The molecule has 3 aliphatic rings. The molecular formula is C21H21BrN2O3. The summed E-state index contributed by atoms with van der Waals surface area (Å²) >= 11 is 3.57. The first-order chi connectivity index (χ1) is 12.9. The SMILES string of the molecule is CC1(C)CC(O)=C[C@]2(C1)Oc1ccc(Br)cc1[C@H]1CC(c3ccco3)=NN12. The molecule has 5 nitrogen and oxygen atoms in total. The van der Waals surface area contributed by atoms with Crippen LogP contribution in [0.15, 0.2) is 62.4 Å². The van der Waals surface area contributed by atoms with E-state index in [0.717, 1.165) is 40.1 Å². The Balaban J connectivity index is 1.68. The number of benzene rings is 1. The maximum absolute atomic E-state index is 10.5. The number of ether oxygens (including phenoxy) is 1. The van der Waals surface area contributed by atoms with E-state index in [1.165, 1.54) is 0 Å². The molecule has 140 valence electrons. The van der Waals surface area contributed by atoms with Crippen LogP contribution in [-0.2, 0) is 0 Å². The minimum Gasteiger partial charge on any atom is -0.512 e. The third-order valence-corrected chi connectivity index (χ3v) is 6.00. The van der Waals surface area contributed by atoms with Crippen LogP contribution in [0.3, 0.4) is 0 Å². The van der Waals surface area contributed by atoms with Gasteiger partial charge in [-0.25, -0.2) is 5.01 Å². The third-order valence-electron chi connectivity index (χ3n) is 5.50. The molecule has 2 atom stereocenters. The lowest BCUT2D eigenvalue weighted by Gasteiger charge is -2.50. The van der Waals surface area contributed by atoms with Crippen LogP contribution in [0, 0.1) is 5.41 Å². The molecule has 6 heteroatoms. The molecule has 0 amide bonds. The second-order valence-corrected chi connectivity index (χ2v) is 9.29. The van der Waals surface area contributed by atoms with Crippen molar-refractivity contribution in [1.82, 2.24) is 5.01 Å². The summed E-state index contributed by atoms with van der Waals surface area (Å²) in [4.78, 5) is 0. The Bertz CT molecular complexity index is 964. The van der Waals surface area contributed by atoms with Gasteiger partial charge in [-0.05, 0) is 35.7 Å².